The van der Waals surface area contributed by atoms with Crippen molar-refractivity contribution in [2.45, 2.75) is 38.1 Å². The van der Waals surface area contributed by atoms with Crippen LogP contribution in [0.2, 0.25) is 0 Å². The molecule has 2 atom stereocenters. The van der Waals surface area contributed by atoms with Crippen molar-refractivity contribution in [3.8, 4) is 0 Å². The third-order valence-electron chi connectivity index (χ3n) is 3.17. The van der Waals surface area contributed by atoms with Crippen molar-refractivity contribution in [1.82, 2.24) is 10.2 Å². The standard InChI is InChI=1S/C12H22N2O3/c1-14(2)7-6-11(15)13-10-5-3-4-9(8-10)12(16)17/h9-10H,3-8H2,1-2H3,(H,13,15)(H,16,17). The highest BCUT2D eigenvalue weighted by molar-refractivity contribution is 5.76. The minimum atomic E-state index is -0.739. The van der Waals surface area contributed by atoms with Crippen LogP contribution in [0.25, 0.3) is 0 Å². The van der Waals surface area contributed by atoms with Gasteiger partial charge in [0, 0.05) is 19.0 Å². The number of carboxylic acid groups (broad SMARTS) is 1. The van der Waals surface area contributed by atoms with Crippen LogP contribution in [0.5, 0.6) is 0 Å². The third-order valence-corrected chi connectivity index (χ3v) is 3.17. The molecule has 2 unspecified atom stereocenters. The number of carbonyl (C=O) groups is 2. The van der Waals surface area contributed by atoms with E-state index in [9.17, 15) is 9.59 Å². The summed E-state index contributed by atoms with van der Waals surface area (Å²) >= 11 is 0. The molecule has 2 N–H and O–H groups in total. The molecule has 5 nitrogen and oxygen atoms in total. The molecule has 1 fully saturated rings. The van der Waals surface area contributed by atoms with Crippen molar-refractivity contribution in [2.24, 2.45) is 5.92 Å². The van der Waals surface area contributed by atoms with Gasteiger partial charge < -0.3 is 15.3 Å². The number of carboxylic acids is 1. The van der Waals surface area contributed by atoms with Crippen molar-refractivity contribution in [1.29, 1.82) is 0 Å². The highest BCUT2D eigenvalue weighted by Crippen LogP contribution is 2.24. The maximum Gasteiger partial charge on any atom is 0.306 e. The van der Waals surface area contributed by atoms with Crippen molar-refractivity contribution in [2.75, 3.05) is 20.6 Å². The first-order valence-electron chi connectivity index (χ1n) is 6.16. The highest BCUT2D eigenvalue weighted by atomic mass is 16.4. The minimum Gasteiger partial charge on any atom is -0.481 e. The summed E-state index contributed by atoms with van der Waals surface area (Å²) in [5.41, 5.74) is 0. The van der Waals surface area contributed by atoms with Gasteiger partial charge in [-0.1, -0.05) is 6.42 Å². The van der Waals surface area contributed by atoms with E-state index < -0.39 is 5.97 Å². The van der Waals surface area contributed by atoms with E-state index in [4.69, 9.17) is 5.11 Å². The number of hydrogen-bond donors (Lipinski definition) is 2. The second-order valence-corrected chi connectivity index (χ2v) is 5.02. The molecule has 0 heterocycles. The molecule has 0 radical (unpaired) electrons. The number of amides is 1. The first-order chi connectivity index (χ1) is 7.99. The molecule has 1 amide bonds. The SMILES string of the molecule is CN(C)CCC(=O)NC1CCCC(C(=O)O)C1. The zero-order valence-electron chi connectivity index (χ0n) is 10.6. The summed E-state index contributed by atoms with van der Waals surface area (Å²) in [7, 11) is 3.85. The van der Waals surface area contributed by atoms with Gasteiger partial charge in [-0.05, 0) is 33.4 Å². The fourth-order valence-electron chi connectivity index (χ4n) is 2.17. The van der Waals surface area contributed by atoms with Crippen molar-refractivity contribution in [3.63, 3.8) is 0 Å². The first kappa shape index (κ1) is 14.0. The lowest BCUT2D eigenvalue weighted by Gasteiger charge is -2.27. The predicted molar refractivity (Wildman–Crippen MR) is 64.7 cm³/mol. The molecule has 0 aromatic heterocycles. The second-order valence-electron chi connectivity index (χ2n) is 5.02. The van der Waals surface area contributed by atoms with Gasteiger partial charge in [-0.25, -0.2) is 0 Å². The predicted octanol–water partition coefficient (Wildman–Crippen LogP) is 0.698. The van der Waals surface area contributed by atoms with E-state index in [-0.39, 0.29) is 17.9 Å². The van der Waals surface area contributed by atoms with E-state index in [2.05, 4.69) is 5.32 Å². The van der Waals surface area contributed by atoms with Crippen LogP contribution in [-0.2, 0) is 9.59 Å². The normalized spacial score (nSPS) is 24.6. The lowest BCUT2D eigenvalue weighted by molar-refractivity contribution is -0.143. The molecule has 0 saturated heterocycles. The minimum absolute atomic E-state index is 0.0229. The van der Waals surface area contributed by atoms with Gasteiger partial charge in [0.15, 0.2) is 0 Å². The molecule has 1 rings (SSSR count). The quantitative estimate of drug-likeness (QED) is 0.744. The molecule has 0 aromatic carbocycles. The molecule has 98 valence electrons. The van der Waals surface area contributed by atoms with Crippen molar-refractivity contribution >= 4 is 11.9 Å². The molecule has 5 heteroatoms. The molecule has 1 aliphatic carbocycles. The average Bonchev–Trinajstić information content (AvgIpc) is 2.26. The molecule has 0 aromatic rings. The van der Waals surface area contributed by atoms with Crippen LogP contribution in [0.3, 0.4) is 0 Å². The van der Waals surface area contributed by atoms with Gasteiger partial charge in [-0.2, -0.15) is 0 Å². The number of hydrogen-bond acceptors (Lipinski definition) is 3. The van der Waals surface area contributed by atoms with Gasteiger partial charge >= 0.3 is 5.97 Å². The van der Waals surface area contributed by atoms with E-state index in [0.29, 0.717) is 12.8 Å². The Morgan fingerprint density at radius 3 is 2.65 bits per heavy atom. The lowest BCUT2D eigenvalue weighted by Crippen LogP contribution is -2.40. The summed E-state index contributed by atoms with van der Waals surface area (Å²) in [5.74, 6) is -1.00. The summed E-state index contributed by atoms with van der Waals surface area (Å²) in [5, 5.41) is 11.9. The summed E-state index contributed by atoms with van der Waals surface area (Å²) in [4.78, 5) is 24.4. The largest absolute Gasteiger partial charge is 0.481 e. The molecular weight excluding hydrogens is 220 g/mol. The van der Waals surface area contributed by atoms with Crippen LogP contribution >= 0.6 is 0 Å². The van der Waals surface area contributed by atoms with Crippen LogP contribution < -0.4 is 5.32 Å². The number of carbonyl (C=O) groups excluding carboxylic acids is 1. The van der Waals surface area contributed by atoms with Gasteiger partial charge in [0.05, 0.1) is 5.92 Å². The summed E-state index contributed by atoms with van der Waals surface area (Å²) in [6, 6.07) is 0.0412. The summed E-state index contributed by atoms with van der Waals surface area (Å²) in [6.07, 6.45) is 3.57. The van der Waals surface area contributed by atoms with Crippen LogP contribution in [0, 0.1) is 5.92 Å². The number of nitrogens with one attached hydrogen (secondary N) is 1. The third kappa shape index (κ3) is 5.17. The van der Waals surface area contributed by atoms with E-state index in [1.165, 1.54) is 0 Å². The van der Waals surface area contributed by atoms with E-state index in [1.54, 1.807) is 0 Å². The Labute approximate surface area is 102 Å². The maximum atomic E-state index is 11.6. The average molecular weight is 242 g/mol. The van der Waals surface area contributed by atoms with Crippen LogP contribution in [0.15, 0.2) is 0 Å². The number of nitrogens with zero attached hydrogens (tertiary/aromatic N) is 1. The van der Waals surface area contributed by atoms with Crippen molar-refractivity contribution < 1.29 is 14.7 Å². The van der Waals surface area contributed by atoms with Crippen molar-refractivity contribution in [3.05, 3.63) is 0 Å². The zero-order valence-corrected chi connectivity index (χ0v) is 10.6. The molecule has 17 heavy (non-hydrogen) atoms. The van der Waals surface area contributed by atoms with Crippen LogP contribution in [0.4, 0.5) is 0 Å². The van der Waals surface area contributed by atoms with Gasteiger partial charge in [-0.15, -0.1) is 0 Å². The topological polar surface area (TPSA) is 69.6 Å². The van der Waals surface area contributed by atoms with Gasteiger partial charge in [-0.3, -0.25) is 9.59 Å². The van der Waals surface area contributed by atoms with Gasteiger partial charge in [0.1, 0.15) is 0 Å². The number of rotatable bonds is 5. The van der Waals surface area contributed by atoms with E-state index in [0.717, 1.165) is 25.8 Å². The fourth-order valence-corrected chi connectivity index (χ4v) is 2.17. The summed E-state index contributed by atoms with van der Waals surface area (Å²) < 4.78 is 0. The summed E-state index contributed by atoms with van der Waals surface area (Å²) in [6.45, 7) is 0.723. The molecule has 1 aliphatic rings. The monoisotopic (exact) mass is 242 g/mol. The molecule has 0 bridgehead atoms. The zero-order chi connectivity index (χ0) is 12.8. The van der Waals surface area contributed by atoms with Crippen LogP contribution in [-0.4, -0.2) is 48.6 Å². The Morgan fingerprint density at radius 2 is 2.06 bits per heavy atom. The molecule has 0 aliphatic heterocycles. The fraction of sp³-hybridized carbons (Fsp3) is 0.833. The molecule has 1 saturated carbocycles. The Hall–Kier alpha value is -1.10. The molecular formula is C12H22N2O3. The maximum absolute atomic E-state index is 11.6. The Bertz CT molecular complexity index is 279. The highest BCUT2D eigenvalue weighted by Gasteiger charge is 2.27. The Balaban J connectivity index is 2.30. The van der Waals surface area contributed by atoms with E-state index >= 15 is 0 Å². The second kappa shape index (κ2) is 6.59. The van der Waals surface area contributed by atoms with Crippen LogP contribution in [0.1, 0.15) is 32.1 Å². The lowest BCUT2D eigenvalue weighted by atomic mass is 9.86. The number of aliphatic carboxylic acids is 1. The Morgan fingerprint density at radius 1 is 1.35 bits per heavy atom. The smallest absolute Gasteiger partial charge is 0.306 e. The first-order valence-corrected chi connectivity index (χ1v) is 6.16. The molecule has 0 spiro atoms. The Kier molecular flexibility index (Phi) is 5.41. The van der Waals surface area contributed by atoms with Gasteiger partial charge in [0.2, 0.25) is 5.91 Å². The van der Waals surface area contributed by atoms with Gasteiger partial charge in [0.25, 0.3) is 0 Å². The van der Waals surface area contributed by atoms with E-state index in [1.807, 2.05) is 19.0 Å².